The van der Waals surface area contributed by atoms with Gasteiger partial charge in [-0.05, 0) is 46.1 Å². The molecule has 1 aliphatic heterocycles. The van der Waals surface area contributed by atoms with Gasteiger partial charge in [0.1, 0.15) is 0 Å². The van der Waals surface area contributed by atoms with Crippen molar-refractivity contribution in [3.05, 3.63) is 0 Å². The van der Waals surface area contributed by atoms with Crippen molar-refractivity contribution >= 4 is 0 Å². The monoisotopic (exact) mass is 200 g/mol. The van der Waals surface area contributed by atoms with Crippen molar-refractivity contribution in [2.24, 2.45) is 11.7 Å². The molecule has 0 aliphatic carbocycles. The first-order chi connectivity index (χ1) is 6.49. The number of hydrogen-bond donors (Lipinski definition) is 2. The lowest BCUT2D eigenvalue weighted by atomic mass is 10.0. The average Bonchev–Trinajstić information content (AvgIpc) is 2.44. The fourth-order valence-electron chi connectivity index (χ4n) is 1.74. The summed E-state index contributed by atoms with van der Waals surface area (Å²) in [5.41, 5.74) is 5.84. The topological polar surface area (TPSA) is 47.3 Å². The summed E-state index contributed by atoms with van der Waals surface area (Å²) in [6, 6.07) is 0. The Morgan fingerprint density at radius 2 is 2.21 bits per heavy atom. The van der Waals surface area contributed by atoms with Gasteiger partial charge in [0.2, 0.25) is 0 Å². The van der Waals surface area contributed by atoms with Crippen molar-refractivity contribution in [1.29, 1.82) is 0 Å². The van der Waals surface area contributed by atoms with Crippen LogP contribution in [0.4, 0.5) is 0 Å². The van der Waals surface area contributed by atoms with Gasteiger partial charge in [0, 0.05) is 18.7 Å². The van der Waals surface area contributed by atoms with Gasteiger partial charge in [-0.3, -0.25) is 0 Å². The highest BCUT2D eigenvalue weighted by atomic mass is 16.5. The minimum Gasteiger partial charge on any atom is -0.378 e. The maximum atomic E-state index is 5.89. The van der Waals surface area contributed by atoms with E-state index >= 15 is 0 Å². The van der Waals surface area contributed by atoms with E-state index in [1.807, 2.05) is 0 Å². The summed E-state index contributed by atoms with van der Waals surface area (Å²) >= 11 is 0. The molecule has 0 bridgehead atoms. The summed E-state index contributed by atoms with van der Waals surface area (Å²) in [6.07, 6.45) is 2.64. The molecule has 1 aliphatic rings. The van der Waals surface area contributed by atoms with Gasteiger partial charge in [-0.15, -0.1) is 0 Å². The van der Waals surface area contributed by atoms with Crippen LogP contribution in [0.2, 0.25) is 0 Å². The molecule has 0 aromatic rings. The van der Waals surface area contributed by atoms with Gasteiger partial charge in [0.25, 0.3) is 0 Å². The van der Waals surface area contributed by atoms with Crippen molar-refractivity contribution < 1.29 is 4.74 Å². The Kier molecular flexibility index (Phi) is 4.35. The van der Waals surface area contributed by atoms with Gasteiger partial charge in [-0.25, -0.2) is 0 Å². The molecule has 1 fully saturated rings. The van der Waals surface area contributed by atoms with E-state index in [9.17, 15) is 0 Å². The molecular weight excluding hydrogens is 176 g/mol. The Labute approximate surface area is 87.4 Å². The Bertz CT molecular complexity index is 165. The fraction of sp³-hybridized carbons (Fsp3) is 1.00. The molecule has 2 atom stereocenters. The minimum atomic E-state index is -0.0508. The number of rotatable bonds is 5. The largest absolute Gasteiger partial charge is 0.378 e. The summed E-state index contributed by atoms with van der Waals surface area (Å²) in [7, 11) is 0. The van der Waals surface area contributed by atoms with Crippen LogP contribution in [0.5, 0.6) is 0 Å². The third-order valence-corrected chi connectivity index (χ3v) is 2.89. The maximum absolute atomic E-state index is 5.89. The fourth-order valence-corrected chi connectivity index (χ4v) is 1.74. The second-order valence-electron chi connectivity index (χ2n) is 5.07. The lowest BCUT2D eigenvalue weighted by molar-refractivity contribution is 0.105. The van der Waals surface area contributed by atoms with Crippen LogP contribution >= 0.6 is 0 Å². The molecule has 14 heavy (non-hydrogen) atoms. The molecule has 0 amide bonds. The van der Waals surface area contributed by atoms with Gasteiger partial charge in [0.05, 0.1) is 6.10 Å². The molecule has 84 valence electrons. The third kappa shape index (κ3) is 4.40. The molecule has 0 aromatic heterocycles. The molecular formula is C11H24N2O. The first-order valence-corrected chi connectivity index (χ1v) is 5.60. The maximum Gasteiger partial charge on any atom is 0.0588 e. The zero-order valence-corrected chi connectivity index (χ0v) is 9.68. The lowest BCUT2D eigenvalue weighted by Gasteiger charge is -2.20. The van der Waals surface area contributed by atoms with E-state index < -0.39 is 0 Å². The van der Waals surface area contributed by atoms with Crippen LogP contribution in [0.1, 0.15) is 33.6 Å². The van der Waals surface area contributed by atoms with Crippen molar-refractivity contribution in [3.63, 3.8) is 0 Å². The van der Waals surface area contributed by atoms with Crippen LogP contribution in [-0.4, -0.2) is 31.3 Å². The van der Waals surface area contributed by atoms with Crippen LogP contribution in [0.3, 0.4) is 0 Å². The summed E-state index contributed by atoms with van der Waals surface area (Å²) in [4.78, 5) is 0. The van der Waals surface area contributed by atoms with Crippen molar-refractivity contribution in [2.45, 2.75) is 45.3 Å². The van der Waals surface area contributed by atoms with E-state index in [0.717, 1.165) is 26.1 Å². The quantitative estimate of drug-likeness (QED) is 0.654. The highest BCUT2D eigenvalue weighted by Crippen LogP contribution is 2.19. The van der Waals surface area contributed by atoms with Gasteiger partial charge in [-0.1, -0.05) is 0 Å². The van der Waals surface area contributed by atoms with Crippen LogP contribution in [-0.2, 0) is 4.74 Å². The summed E-state index contributed by atoms with van der Waals surface area (Å²) in [5.74, 6) is 0.691. The molecule has 1 rings (SSSR count). The zero-order chi connectivity index (χ0) is 10.6. The smallest absolute Gasteiger partial charge is 0.0588 e. The Balaban J connectivity index is 2.04. The second-order valence-corrected chi connectivity index (χ2v) is 5.07. The molecule has 3 N–H and O–H groups in total. The number of nitrogens with two attached hydrogens (primary N) is 1. The highest BCUT2D eigenvalue weighted by molar-refractivity contribution is 4.76. The Morgan fingerprint density at radius 3 is 2.71 bits per heavy atom. The number of ether oxygens (including phenoxy) is 1. The third-order valence-electron chi connectivity index (χ3n) is 2.89. The summed E-state index contributed by atoms with van der Waals surface area (Å²) < 4.78 is 5.50. The van der Waals surface area contributed by atoms with Gasteiger partial charge in [-0.2, -0.15) is 0 Å². The second kappa shape index (κ2) is 5.10. The van der Waals surface area contributed by atoms with E-state index in [4.69, 9.17) is 10.5 Å². The number of hydrogen-bond acceptors (Lipinski definition) is 3. The molecule has 0 radical (unpaired) electrons. The van der Waals surface area contributed by atoms with Crippen molar-refractivity contribution in [1.82, 2.24) is 5.32 Å². The van der Waals surface area contributed by atoms with Crippen molar-refractivity contribution in [2.75, 3.05) is 19.7 Å². The molecule has 1 saturated heterocycles. The first kappa shape index (κ1) is 12.0. The lowest BCUT2D eigenvalue weighted by Crippen LogP contribution is -2.37. The summed E-state index contributed by atoms with van der Waals surface area (Å²) in [5, 5.41) is 3.45. The molecule has 3 nitrogen and oxygen atoms in total. The number of nitrogens with one attached hydrogen (secondary N) is 1. The van der Waals surface area contributed by atoms with Gasteiger partial charge in [0.15, 0.2) is 0 Å². The van der Waals surface area contributed by atoms with E-state index in [2.05, 4.69) is 26.1 Å². The van der Waals surface area contributed by atoms with E-state index in [1.54, 1.807) is 0 Å². The predicted octanol–water partition coefficient (Wildman–Crippen LogP) is 1.13. The minimum absolute atomic E-state index is 0.0508. The van der Waals surface area contributed by atoms with Crippen LogP contribution < -0.4 is 11.1 Å². The molecule has 0 saturated carbocycles. The van der Waals surface area contributed by atoms with Crippen molar-refractivity contribution in [3.8, 4) is 0 Å². The first-order valence-electron chi connectivity index (χ1n) is 5.60. The Morgan fingerprint density at radius 1 is 1.50 bits per heavy atom. The van der Waals surface area contributed by atoms with E-state index in [1.165, 1.54) is 6.42 Å². The molecule has 3 heteroatoms. The normalized spacial score (nSPS) is 28.3. The SMILES string of the molecule is CC1OCCC1CNCCC(C)(C)N. The standard InChI is InChI=1S/C11H24N2O/c1-9-10(4-7-14-9)8-13-6-5-11(2,3)12/h9-10,13H,4-8,12H2,1-3H3. The average molecular weight is 200 g/mol. The van der Waals surface area contributed by atoms with Crippen LogP contribution in [0, 0.1) is 5.92 Å². The summed E-state index contributed by atoms with van der Waals surface area (Å²) in [6.45, 7) is 9.29. The van der Waals surface area contributed by atoms with Gasteiger partial charge < -0.3 is 15.8 Å². The molecule has 0 spiro atoms. The van der Waals surface area contributed by atoms with E-state index in [-0.39, 0.29) is 5.54 Å². The van der Waals surface area contributed by atoms with Gasteiger partial charge >= 0.3 is 0 Å². The van der Waals surface area contributed by atoms with Crippen LogP contribution in [0.15, 0.2) is 0 Å². The highest BCUT2D eigenvalue weighted by Gasteiger charge is 2.23. The molecule has 0 aromatic carbocycles. The molecule has 2 unspecified atom stereocenters. The van der Waals surface area contributed by atoms with Crippen LogP contribution in [0.25, 0.3) is 0 Å². The predicted molar refractivity (Wildman–Crippen MR) is 59.3 cm³/mol. The van der Waals surface area contributed by atoms with E-state index in [0.29, 0.717) is 12.0 Å². The zero-order valence-electron chi connectivity index (χ0n) is 9.68. The molecule has 1 heterocycles. The Hall–Kier alpha value is -0.120.